The van der Waals surface area contributed by atoms with Gasteiger partial charge >= 0.3 is 0 Å². The van der Waals surface area contributed by atoms with Crippen molar-refractivity contribution in [2.75, 3.05) is 21.3 Å². The van der Waals surface area contributed by atoms with E-state index in [1.54, 1.807) is 32.4 Å². The van der Waals surface area contributed by atoms with Crippen LogP contribution >= 0.6 is 11.6 Å². The molecular weight excluding hydrogens is 354 g/mol. The van der Waals surface area contributed by atoms with Crippen molar-refractivity contribution in [1.82, 2.24) is 9.97 Å². The van der Waals surface area contributed by atoms with E-state index >= 15 is 0 Å². The maximum absolute atomic E-state index is 12.2. The van der Waals surface area contributed by atoms with E-state index in [-0.39, 0.29) is 5.56 Å². The van der Waals surface area contributed by atoms with E-state index in [1.165, 1.54) is 4.90 Å². The fourth-order valence-corrected chi connectivity index (χ4v) is 3.10. The molecule has 1 aromatic heterocycles. The molecule has 0 aliphatic heterocycles. The van der Waals surface area contributed by atoms with Crippen LogP contribution in [0.1, 0.15) is 11.4 Å². The Bertz CT molecular complexity index is 987. The molecule has 0 spiro atoms. The van der Waals surface area contributed by atoms with Crippen molar-refractivity contribution < 1.29 is 14.4 Å². The highest BCUT2D eigenvalue weighted by atomic mass is 35.5. The number of benzene rings is 2. The van der Waals surface area contributed by atoms with Crippen LogP contribution in [0.15, 0.2) is 41.2 Å². The molecule has 0 bridgehead atoms. The van der Waals surface area contributed by atoms with Gasteiger partial charge in [-0.3, -0.25) is 4.79 Å². The predicted molar refractivity (Wildman–Crippen MR) is 101 cm³/mol. The van der Waals surface area contributed by atoms with Gasteiger partial charge in [-0.25, -0.2) is 4.98 Å². The molecule has 0 saturated carbocycles. The van der Waals surface area contributed by atoms with Crippen LogP contribution in [0, 0.1) is 0 Å². The van der Waals surface area contributed by atoms with Gasteiger partial charge in [-0.15, -0.1) is 0 Å². The second kappa shape index (κ2) is 7.76. The van der Waals surface area contributed by atoms with E-state index in [9.17, 15) is 4.79 Å². The number of hydrogen-bond donors (Lipinski definition) is 2. The number of hydrogen-bond acceptors (Lipinski definition) is 4. The number of quaternary nitrogens is 1. The lowest BCUT2D eigenvalue weighted by Crippen LogP contribution is -3.06. The van der Waals surface area contributed by atoms with Gasteiger partial charge in [0, 0.05) is 10.6 Å². The summed E-state index contributed by atoms with van der Waals surface area (Å²) in [6, 6.07) is 10.9. The summed E-state index contributed by atoms with van der Waals surface area (Å²) >= 11 is 6.01. The lowest BCUT2D eigenvalue weighted by molar-refractivity contribution is -0.908. The third-order valence-corrected chi connectivity index (χ3v) is 4.38. The van der Waals surface area contributed by atoms with E-state index in [4.69, 9.17) is 21.1 Å². The van der Waals surface area contributed by atoms with Crippen molar-refractivity contribution in [1.29, 1.82) is 0 Å². The topological polar surface area (TPSA) is 68.7 Å². The Hall–Kier alpha value is -2.57. The Balaban J connectivity index is 1.79. The van der Waals surface area contributed by atoms with Crippen molar-refractivity contribution in [3.63, 3.8) is 0 Å². The minimum atomic E-state index is -0.152. The molecule has 1 heterocycles. The summed E-state index contributed by atoms with van der Waals surface area (Å²) in [5.74, 6) is 2.03. The number of H-pyrrole nitrogens is 1. The fraction of sp³-hybridized carbons (Fsp3) is 0.263. The van der Waals surface area contributed by atoms with Crippen LogP contribution < -0.4 is 19.9 Å². The van der Waals surface area contributed by atoms with Crippen LogP contribution in [0.25, 0.3) is 10.9 Å². The molecule has 3 rings (SSSR count). The first-order valence-electron chi connectivity index (χ1n) is 8.21. The molecule has 0 aliphatic carbocycles. The van der Waals surface area contributed by atoms with Gasteiger partial charge in [0.2, 0.25) is 0 Å². The first-order chi connectivity index (χ1) is 12.5. The number of aromatic nitrogens is 2. The van der Waals surface area contributed by atoms with Crippen LogP contribution in [0.4, 0.5) is 0 Å². The first kappa shape index (κ1) is 18.2. The molecule has 136 valence electrons. The average Bonchev–Trinajstić information content (AvgIpc) is 2.61. The standard InChI is InChI=1S/C19H20ClN3O3/c1-23(10-12-4-7-16(25-2)17(8-12)26-3)11-18-21-15-9-13(20)5-6-14(15)19(24)22-18/h4-9H,10-11H2,1-3H3,(H,21,22,24)/p+1. The number of rotatable bonds is 6. The van der Waals surface area contributed by atoms with Gasteiger partial charge in [-0.2, -0.15) is 0 Å². The molecule has 0 radical (unpaired) electrons. The van der Waals surface area contributed by atoms with Crippen LogP contribution in [0.5, 0.6) is 11.5 Å². The monoisotopic (exact) mass is 374 g/mol. The van der Waals surface area contributed by atoms with Crippen LogP contribution in [-0.2, 0) is 13.1 Å². The van der Waals surface area contributed by atoms with E-state index < -0.39 is 0 Å². The number of nitrogens with zero attached hydrogens (tertiary/aromatic N) is 1. The van der Waals surface area contributed by atoms with Gasteiger partial charge in [0.05, 0.1) is 32.2 Å². The lowest BCUT2D eigenvalue weighted by atomic mass is 10.2. The first-order valence-corrected chi connectivity index (χ1v) is 8.58. The summed E-state index contributed by atoms with van der Waals surface area (Å²) in [4.78, 5) is 20.8. The van der Waals surface area contributed by atoms with E-state index in [0.29, 0.717) is 39.8 Å². The molecule has 26 heavy (non-hydrogen) atoms. The fourth-order valence-electron chi connectivity index (χ4n) is 2.93. The Morgan fingerprint density at radius 2 is 1.85 bits per heavy atom. The molecule has 1 unspecified atom stereocenters. The third kappa shape index (κ3) is 3.98. The SMILES string of the molecule is COc1ccc(C[NH+](C)Cc2nc3cc(Cl)ccc3c(=O)[nH]2)cc1OC. The number of ether oxygens (including phenoxy) is 2. The summed E-state index contributed by atoms with van der Waals surface area (Å²) in [7, 11) is 5.27. The minimum absolute atomic E-state index is 0.152. The Kier molecular flexibility index (Phi) is 5.44. The van der Waals surface area contributed by atoms with Crippen LogP contribution in [-0.4, -0.2) is 31.2 Å². The largest absolute Gasteiger partial charge is 0.493 e. The summed E-state index contributed by atoms with van der Waals surface area (Å²) in [6.07, 6.45) is 0. The average molecular weight is 375 g/mol. The quantitative estimate of drug-likeness (QED) is 0.690. The molecule has 0 saturated heterocycles. The highest BCUT2D eigenvalue weighted by Gasteiger charge is 2.12. The second-order valence-electron chi connectivity index (χ2n) is 6.17. The Labute approximate surface area is 156 Å². The summed E-state index contributed by atoms with van der Waals surface area (Å²) in [5, 5.41) is 1.10. The zero-order chi connectivity index (χ0) is 18.7. The third-order valence-electron chi connectivity index (χ3n) is 4.14. The highest BCUT2D eigenvalue weighted by molar-refractivity contribution is 6.31. The molecule has 0 aliphatic rings. The highest BCUT2D eigenvalue weighted by Crippen LogP contribution is 2.27. The zero-order valence-electron chi connectivity index (χ0n) is 14.9. The van der Waals surface area contributed by atoms with Gasteiger partial charge in [-0.05, 0) is 36.4 Å². The van der Waals surface area contributed by atoms with Gasteiger partial charge in [0.25, 0.3) is 5.56 Å². The number of fused-ring (bicyclic) bond motifs is 1. The Morgan fingerprint density at radius 1 is 1.08 bits per heavy atom. The molecule has 7 heteroatoms. The van der Waals surface area contributed by atoms with Crippen molar-refractivity contribution in [2.24, 2.45) is 0 Å². The molecular formula is C19H21ClN3O3+. The number of nitrogens with one attached hydrogen (secondary N) is 2. The van der Waals surface area contributed by atoms with Crippen molar-refractivity contribution in [2.45, 2.75) is 13.1 Å². The molecule has 2 N–H and O–H groups in total. The molecule has 2 aromatic carbocycles. The zero-order valence-corrected chi connectivity index (χ0v) is 15.7. The maximum Gasteiger partial charge on any atom is 0.258 e. The molecule has 3 aromatic rings. The van der Waals surface area contributed by atoms with Crippen LogP contribution in [0.3, 0.4) is 0 Å². The molecule has 0 fully saturated rings. The van der Waals surface area contributed by atoms with Gasteiger partial charge in [-0.1, -0.05) is 11.6 Å². The molecule has 1 atom stereocenters. The van der Waals surface area contributed by atoms with Crippen molar-refractivity contribution >= 4 is 22.5 Å². The lowest BCUT2D eigenvalue weighted by Gasteiger charge is -2.15. The summed E-state index contributed by atoms with van der Waals surface area (Å²) in [6.45, 7) is 1.32. The summed E-state index contributed by atoms with van der Waals surface area (Å²) < 4.78 is 10.6. The normalized spacial score (nSPS) is 12.2. The molecule has 6 nitrogen and oxygen atoms in total. The van der Waals surface area contributed by atoms with E-state index in [2.05, 4.69) is 9.97 Å². The Morgan fingerprint density at radius 3 is 2.58 bits per heavy atom. The maximum atomic E-state index is 12.2. The predicted octanol–water partition coefficient (Wildman–Crippen LogP) is 1.81. The smallest absolute Gasteiger partial charge is 0.258 e. The van der Waals surface area contributed by atoms with Crippen molar-refractivity contribution in [3.05, 3.63) is 63.2 Å². The van der Waals surface area contributed by atoms with Gasteiger partial charge in [0.1, 0.15) is 13.1 Å². The minimum Gasteiger partial charge on any atom is -0.493 e. The van der Waals surface area contributed by atoms with Gasteiger partial charge in [0.15, 0.2) is 17.3 Å². The number of methoxy groups -OCH3 is 2. The van der Waals surface area contributed by atoms with Crippen molar-refractivity contribution in [3.8, 4) is 11.5 Å². The number of halogens is 1. The second-order valence-corrected chi connectivity index (χ2v) is 6.61. The van der Waals surface area contributed by atoms with Gasteiger partial charge < -0.3 is 19.4 Å². The summed E-state index contributed by atoms with van der Waals surface area (Å²) in [5.41, 5.74) is 1.56. The molecule has 0 amide bonds. The number of aromatic amines is 1. The van der Waals surface area contributed by atoms with E-state index in [1.807, 2.05) is 25.2 Å². The van der Waals surface area contributed by atoms with Crippen LogP contribution in [0.2, 0.25) is 5.02 Å². The van der Waals surface area contributed by atoms with E-state index in [0.717, 1.165) is 12.1 Å².